The van der Waals surface area contributed by atoms with Crippen molar-refractivity contribution < 1.29 is 0 Å². The van der Waals surface area contributed by atoms with Crippen LogP contribution in [0.5, 0.6) is 0 Å². The Balaban J connectivity index is 2.23. The molecule has 0 aliphatic carbocycles. The summed E-state index contributed by atoms with van der Waals surface area (Å²) >= 11 is 0. The number of hydrogen-bond acceptors (Lipinski definition) is 2. The van der Waals surface area contributed by atoms with Gasteiger partial charge in [-0.1, -0.05) is 0 Å². The van der Waals surface area contributed by atoms with Gasteiger partial charge in [-0.2, -0.15) is 0 Å². The molecule has 3 heteroatoms. The average Bonchev–Trinajstić information content (AvgIpc) is 2.73. The van der Waals surface area contributed by atoms with Gasteiger partial charge in [0.25, 0.3) is 0 Å². The molecule has 0 spiro atoms. The third-order valence-electron chi connectivity index (χ3n) is 3.36. The quantitative estimate of drug-likeness (QED) is 0.703. The molecule has 0 bridgehead atoms. The summed E-state index contributed by atoms with van der Waals surface area (Å²) in [6.45, 7) is 6.22. The summed E-state index contributed by atoms with van der Waals surface area (Å²) in [6.07, 6.45) is 1.80. The van der Waals surface area contributed by atoms with Crippen LogP contribution in [-0.2, 0) is 0 Å². The molecule has 0 saturated heterocycles. The van der Waals surface area contributed by atoms with Crippen LogP contribution in [0.15, 0.2) is 30.5 Å². The third-order valence-corrected chi connectivity index (χ3v) is 3.36. The molecule has 2 aromatic heterocycles. The predicted molar refractivity (Wildman–Crippen MR) is 73.5 cm³/mol. The van der Waals surface area contributed by atoms with E-state index in [0.29, 0.717) is 0 Å². The molecule has 90 valence electrons. The van der Waals surface area contributed by atoms with Gasteiger partial charge in [-0.05, 0) is 56.2 Å². The second kappa shape index (κ2) is 3.95. The van der Waals surface area contributed by atoms with Crippen molar-refractivity contribution in [2.75, 3.05) is 0 Å². The number of benzene rings is 1. The van der Waals surface area contributed by atoms with Crippen LogP contribution in [0.1, 0.15) is 16.8 Å². The van der Waals surface area contributed by atoms with Crippen molar-refractivity contribution in [3.05, 3.63) is 47.3 Å². The van der Waals surface area contributed by atoms with Gasteiger partial charge in [-0.15, -0.1) is 0 Å². The lowest BCUT2D eigenvalue weighted by molar-refractivity contribution is 1.18. The molecule has 18 heavy (non-hydrogen) atoms. The maximum atomic E-state index is 4.65. The molecule has 0 radical (unpaired) electrons. The standard InChI is InChI=1S/C15H15N3/c1-9-7-13-14(8-10(9)2)18-15(17-13)12-5-4-6-16-11(12)3/h4-8H,1-3H3,(H,17,18). The van der Waals surface area contributed by atoms with Gasteiger partial charge < -0.3 is 4.98 Å². The molecule has 0 amide bonds. The number of H-pyrrole nitrogens is 1. The second-order valence-electron chi connectivity index (χ2n) is 4.68. The van der Waals surface area contributed by atoms with Gasteiger partial charge in [-0.3, -0.25) is 4.98 Å². The van der Waals surface area contributed by atoms with E-state index in [9.17, 15) is 0 Å². The Kier molecular flexibility index (Phi) is 2.40. The minimum Gasteiger partial charge on any atom is -0.338 e. The first-order valence-electron chi connectivity index (χ1n) is 6.04. The first-order valence-corrected chi connectivity index (χ1v) is 6.04. The number of hydrogen-bond donors (Lipinski definition) is 1. The minimum atomic E-state index is 0.889. The van der Waals surface area contributed by atoms with E-state index in [4.69, 9.17) is 0 Å². The number of rotatable bonds is 1. The number of pyridine rings is 1. The molecule has 3 rings (SSSR count). The van der Waals surface area contributed by atoms with Crippen LogP contribution >= 0.6 is 0 Å². The lowest BCUT2D eigenvalue weighted by atomic mass is 10.1. The number of imidazole rings is 1. The van der Waals surface area contributed by atoms with Crippen LogP contribution < -0.4 is 0 Å². The second-order valence-corrected chi connectivity index (χ2v) is 4.68. The molecule has 1 N–H and O–H groups in total. The maximum absolute atomic E-state index is 4.65. The van der Waals surface area contributed by atoms with Gasteiger partial charge in [0.15, 0.2) is 0 Å². The van der Waals surface area contributed by atoms with E-state index in [1.165, 1.54) is 11.1 Å². The van der Waals surface area contributed by atoms with Crippen LogP contribution in [0.3, 0.4) is 0 Å². The molecule has 0 fully saturated rings. The average molecular weight is 237 g/mol. The molecular formula is C15H15N3. The lowest BCUT2D eigenvalue weighted by Gasteiger charge is -1.99. The summed E-state index contributed by atoms with van der Waals surface area (Å²) in [4.78, 5) is 12.3. The molecule has 0 atom stereocenters. The first-order chi connectivity index (χ1) is 8.65. The molecule has 0 saturated carbocycles. The van der Waals surface area contributed by atoms with Gasteiger partial charge in [0.05, 0.1) is 11.0 Å². The Morgan fingerprint density at radius 1 is 1.06 bits per heavy atom. The summed E-state index contributed by atoms with van der Waals surface area (Å²) < 4.78 is 0. The van der Waals surface area contributed by atoms with Crippen LogP contribution in [0.4, 0.5) is 0 Å². The van der Waals surface area contributed by atoms with Crippen molar-refractivity contribution in [3.63, 3.8) is 0 Å². The SMILES string of the molecule is Cc1cc2nc(-c3cccnc3C)[nH]c2cc1C. The van der Waals surface area contributed by atoms with Gasteiger partial charge in [0.1, 0.15) is 5.82 Å². The number of aromatic amines is 1. The topological polar surface area (TPSA) is 41.6 Å². The highest BCUT2D eigenvalue weighted by atomic mass is 14.9. The molecular weight excluding hydrogens is 222 g/mol. The Morgan fingerprint density at radius 2 is 1.83 bits per heavy atom. The highest BCUT2D eigenvalue weighted by Crippen LogP contribution is 2.24. The summed E-state index contributed by atoms with van der Waals surface area (Å²) in [6, 6.07) is 8.25. The zero-order chi connectivity index (χ0) is 12.7. The number of fused-ring (bicyclic) bond motifs is 1. The van der Waals surface area contributed by atoms with Gasteiger partial charge in [-0.25, -0.2) is 4.98 Å². The van der Waals surface area contributed by atoms with E-state index in [1.807, 2.05) is 19.1 Å². The van der Waals surface area contributed by atoms with Crippen LogP contribution in [0, 0.1) is 20.8 Å². The fourth-order valence-electron chi connectivity index (χ4n) is 2.13. The van der Waals surface area contributed by atoms with Crippen LogP contribution in [0.2, 0.25) is 0 Å². The molecule has 3 nitrogen and oxygen atoms in total. The molecule has 1 aromatic carbocycles. The maximum Gasteiger partial charge on any atom is 0.140 e. The predicted octanol–water partition coefficient (Wildman–Crippen LogP) is 3.55. The number of nitrogens with zero attached hydrogens (tertiary/aromatic N) is 2. The van der Waals surface area contributed by atoms with Gasteiger partial charge >= 0.3 is 0 Å². The largest absolute Gasteiger partial charge is 0.338 e. The molecule has 0 aliphatic heterocycles. The number of aryl methyl sites for hydroxylation is 3. The number of aromatic nitrogens is 3. The summed E-state index contributed by atoms with van der Waals surface area (Å²) in [5.41, 5.74) is 6.69. The third kappa shape index (κ3) is 1.68. The van der Waals surface area contributed by atoms with Crippen LogP contribution in [0.25, 0.3) is 22.4 Å². The fourth-order valence-corrected chi connectivity index (χ4v) is 2.13. The van der Waals surface area contributed by atoms with E-state index in [0.717, 1.165) is 28.1 Å². The first kappa shape index (κ1) is 11.0. The zero-order valence-electron chi connectivity index (χ0n) is 10.8. The zero-order valence-corrected chi connectivity index (χ0v) is 10.8. The summed E-state index contributed by atoms with van der Waals surface area (Å²) in [7, 11) is 0. The van der Waals surface area contributed by atoms with Crippen molar-refractivity contribution in [3.8, 4) is 11.4 Å². The van der Waals surface area contributed by atoms with Crippen molar-refractivity contribution in [1.29, 1.82) is 0 Å². The monoisotopic (exact) mass is 237 g/mol. The van der Waals surface area contributed by atoms with Crippen molar-refractivity contribution >= 4 is 11.0 Å². The molecule has 0 unspecified atom stereocenters. The van der Waals surface area contributed by atoms with E-state index in [1.54, 1.807) is 6.20 Å². The van der Waals surface area contributed by atoms with Crippen molar-refractivity contribution in [2.45, 2.75) is 20.8 Å². The Hall–Kier alpha value is -2.16. The smallest absolute Gasteiger partial charge is 0.140 e. The van der Waals surface area contributed by atoms with E-state index >= 15 is 0 Å². The Morgan fingerprint density at radius 3 is 2.61 bits per heavy atom. The highest BCUT2D eigenvalue weighted by molar-refractivity contribution is 5.81. The molecule has 0 aliphatic rings. The molecule has 3 aromatic rings. The van der Waals surface area contributed by atoms with E-state index < -0.39 is 0 Å². The van der Waals surface area contributed by atoms with Gasteiger partial charge in [0, 0.05) is 17.5 Å². The highest BCUT2D eigenvalue weighted by Gasteiger charge is 2.08. The fraction of sp³-hybridized carbons (Fsp3) is 0.200. The lowest BCUT2D eigenvalue weighted by Crippen LogP contribution is -1.87. The van der Waals surface area contributed by atoms with Gasteiger partial charge in [0.2, 0.25) is 0 Å². The van der Waals surface area contributed by atoms with Crippen molar-refractivity contribution in [1.82, 2.24) is 15.0 Å². The van der Waals surface area contributed by atoms with E-state index in [2.05, 4.69) is 40.9 Å². The normalized spacial score (nSPS) is 11.1. The summed E-state index contributed by atoms with van der Waals surface area (Å²) in [5.74, 6) is 0.889. The van der Waals surface area contributed by atoms with E-state index in [-0.39, 0.29) is 0 Å². The minimum absolute atomic E-state index is 0.889. The summed E-state index contributed by atoms with van der Waals surface area (Å²) in [5, 5.41) is 0. The Bertz CT molecular complexity index is 687. The van der Waals surface area contributed by atoms with Crippen molar-refractivity contribution in [2.24, 2.45) is 0 Å². The Labute approximate surface area is 106 Å². The molecule has 2 heterocycles. The number of nitrogens with one attached hydrogen (secondary N) is 1. The van der Waals surface area contributed by atoms with Crippen LogP contribution in [-0.4, -0.2) is 15.0 Å².